The maximum Gasteiger partial charge on any atom is 0.360 e. The minimum Gasteiger partial charge on any atom is -0.495 e. The largest absolute Gasteiger partial charge is 0.495 e. The lowest BCUT2D eigenvalue weighted by Gasteiger charge is -2.16. The smallest absolute Gasteiger partial charge is 0.360 e. The summed E-state index contributed by atoms with van der Waals surface area (Å²) in [7, 11) is 1.47. The molecule has 8 nitrogen and oxygen atoms in total. The van der Waals surface area contributed by atoms with Crippen LogP contribution in [0.5, 0.6) is 5.75 Å². The first-order valence-electron chi connectivity index (χ1n) is 11.2. The first-order valence-corrected chi connectivity index (χ1v) is 11.6. The van der Waals surface area contributed by atoms with Crippen molar-refractivity contribution in [2.75, 3.05) is 12.4 Å². The first kappa shape index (κ1) is 25.2. The van der Waals surface area contributed by atoms with Crippen LogP contribution in [0, 0.1) is 0 Å². The van der Waals surface area contributed by atoms with E-state index in [1.165, 1.54) is 24.8 Å². The summed E-state index contributed by atoms with van der Waals surface area (Å²) in [5.41, 5.74) is 0.0836. The Morgan fingerprint density at radius 1 is 1.12 bits per heavy atom. The molecule has 1 heterocycles. The molecule has 2 aromatic carbocycles. The number of halogens is 1. The molecule has 1 amide bonds. The molecule has 0 fully saturated rings. The van der Waals surface area contributed by atoms with Crippen molar-refractivity contribution in [1.82, 2.24) is 9.78 Å². The normalized spacial score (nSPS) is 11.8. The molecular formula is C25H28ClN3O5. The second-order valence-electron chi connectivity index (χ2n) is 7.86. The van der Waals surface area contributed by atoms with Gasteiger partial charge in [0.1, 0.15) is 5.75 Å². The first-order chi connectivity index (χ1) is 16.3. The Bertz CT molecular complexity index is 1240. The number of hydrogen-bond acceptors (Lipinski definition) is 6. The van der Waals surface area contributed by atoms with Crippen LogP contribution >= 0.6 is 11.6 Å². The Kier molecular flexibility index (Phi) is 8.65. The average Bonchev–Trinajstić information content (AvgIpc) is 2.83. The van der Waals surface area contributed by atoms with E-state index >= 15 is 0 Å². The predicted molar refractivity (Wildman–Crippen MR) is 132 cm³/mol. The van der Waals surface area contributed by atoms with Gasteiger partial charge in [-0.2, -0.15) is 5.10 Å². The highest BCUT2D eigenvalue weighted by molar-refractivity contribution is 6.31. The number of nitrogens with zero attached hydrogens (tertiary/aromatic N) is 2. The third-order valence-corrected chi connectivity index (χ3v) is 5.59. The SMILES string of the molecule is CCCCCCn1nc(C(=O)OC(C)C(=O)Nc2cc(Cl)ccc2OC)c2ccccc2c1=O. The maximum absolute atomic E-state index is 13.0. The quantitative estimate of drug-likeness (QED) is 0.326. The molecule has 180 valence electrons. The highest BCUT2D eigenvalue weighted by Gasteiger charge is 2.24. The Morgan fingerprint density at radius 2 is 1.85 bits per heavy atom. The van der Waals surface area contributed by atoms with E-state index in [-0.39, 0.29) is 11.3 Å². The fourth-order valence-corrected chi connectivity index (χ4v) is 3.68. The molecule has 9 heteroatoms. The van der Waals surface area contributed by atoms with Crippen LogP contribution in [0.4, 0.5) is 5.69 Å². The number of unbranched alkanes of at least 4 members (excludes halogenated alkanes) is 3. The zero-order valence-electron chi connectivity index (χ0n) is 19.5. The van der Waals surface area contributed by atoms with E-state index in [1.54, 1.807) is 36.4 Å². The maximum atomic E-state index is 13.0. The molecule has 0 saturated heterocycles. The highest BCUT2D eigenvalue weighted by atomic mass is 35.5. The van der Waals surface area contributed by atoms with Crippen LogP contribution in [-0.2, 0) is 16.1 Å². The molecule has 1 unspecified atom stereocenters. The summed E-state index contributed by atoms with van der Waals surface area (Å²) < 4.78 is 11.9. The highest BCUT2D eigenvalue weighted by Crippen LogP contribution is 2.28. The summed E-state index contributed by atoms with van der Waals surface area (Å²) in [5, 5.41) is 8.12. The number of benzene rings is 2. The number of rotatable bonds is 10. The van der Waals surface area contributed by atoms with E-state index < -0.39 is 18.0 Å². The van der Waals surface area contributed by atoms with Crippen LogP contribution in [0.15, 0.2) is 47.3 Å². The molecule has 1 N–H and O–H groups in total. The number of carbonyl (C=O) groups excluding carboxylic acids is 2. The number of ether oxygens (including phenoxy) is 2. The molecule has 0 bridgehead atoms. The van der Waals surface area contributed by atoms with E-state index in [4.69, 9.17) is 21.1 Å². The second kappa shape index (κ2) is 11.7. The van der Waals surface area contributed by atoms with Crippen molar-refractivity contribution in [3.8, 4) is 5.75 Å². The van der Waals surface area contributed by atoms with Gasteiger partial charge in [0.2, 0.25) is 0 Å². The number of aryl methyl sites for hydroxylation is 1. The van der Waals surface area contributed by atoms with Gasteiger partial charge in [0.05, 0.1) is 18.2 Å². The summed E-state index contributed by atoms with van der Waals surface area (Å²) in [4.78, 5) is 38.6. The Hall–Kier alpha value is -3.39. The summed E-state index contributed by atoms with van der Waals surface area (Å²) >= 11 is 6.01. The second-order valence-corrected chi connectivity index (χ2v) is 8.30. The zero-order chi connectivity index (χ0) is 24.7. The van der Waals surface area contributed by atoms with Crippen molar-refractivity contribution >= 4 is 39.9 Å². The minimum absolute atomic E-state index is 0.00863. The zero-order valence-corrected chi connectivity index (χ0v) is 20.2. The van der Waals surface area contributed by atoms with Crippen LogP contribution in [0.3, 0.4) is 0 Å². The minimum atomic E-state index is -1.14. The molecule has 0 aliphatic rings. The third kappa shape index (κ3) is 5.94. The third-order valence-electron chi connectivity index (χ3n) is 5.36. The van der Waals surface area contributed by atoms with Crippen molar-refractivity contribution < 1.29 is 19.1 Å². The number of esters is 1. The average molecular weight is 486 g/mol. The van der Waals surface area contributed by atoms with Crippen molar-refractivity contribution in [1.29, 1.82) is 0 Å². The van der Waals surface area contributed by atoms with Gasteiger partial charge in [0, 0.05) is 17.0 Å². The molecule has 0 aliphatic heterocycles. The standard InChI is InChI=1S/C25H28ClN3O5/c1-4-5-6-9-14-29-24(31)19-11-8-7-10-18(19)22(28-29)25(32)34-16(2)23(30)27-20-15-17(26)12-13-21(20)33-3/h7-8,10-13,15-16H,4-6,9,14H2,1-3H3,(H,27,30). The van der Waals surface area contributed by atoms with E-state index in [0.29, 0.717) is 33.8 Å². The summed E-state index contributed by atoms with van der Waals surface area (Å²) in [6.07, 6.45) is 2.72. The van der Waals surface area contributed by atoms with Gasteiger partial charge in [0.15, 0.2) is 11.8 Å². The van der Waals surface area contributed by atoms with Gasteiger partial charge in [-0.25, -0.2) is 9.48 Å². The molecular weight excluding hydrogens is 458 g/mol. The van der Waals surface area contributed by atoms with Crippen LogP contribution in [0.1, 0.15) is 50.0 Å². The number of fused-ring (bicyclic) bond motifs is 1. The van der Waals surface area contributed by atoms with Gasteiger partial charge < -0.3 is 14.8 Å². The molecule has 0 saturated carbocycles. The molecule has 1 aromatic heterocycles. The van der Waals surface area contributed by atoms with Gasteiger partial charge in [-0.15, -0.1) is 0 Å². The van der Waals surface area contributed by atoms with E-state index in [0.717, 1.165) is 25.7 Å². The van der Waals surface area contributed by atoms with E-state index in [2.05, 4.69) is 17.3 Å². The van der Waals surface area contributed by atoms with Crippen molar-refractivity contribution in [2.24, 2.45) is 0 Å². The molecule has 1 atom stereocenters. The van der Waals surface area contributed by atoms with Gasteiger partial charge >= 0.3 is 5.97 Å². The molecule has 34 heavy (non-hydrogen) atoms. The Balaban J connectivity index is 1.82. The molecule has 0 radical (unpaired) electrons. The fourth-order valence-electron chi connectivity index (χ4n) is 3.51. The lowest BCUT2D eigenvalue weighted by atomic mass is 10.1. The van der Waals surface area contributed by atoms with Crippen LogP contribution in [-0.4, -0.2) is 34.9 Å². The topological polar surface area (TPSA) is 99.5 Å². The Morgan fingerprint density at radius 3 is 2.56 bits per heavy atom. The molecule has 0 aliphatic carbocycles. The number of nitrogens with one attached hydrogen (secondary N) is 1. The van der Waals surface area contributed by atoms with Crippen LogP contribution < -0.4 is 15.6 Å². The summed E-state index contributed by atoms with van der Waals surface area (Å²) in [6.45, 7) is 3.95. The predicted octanol–water partition coefficient (Wildman–Crippen LogP) is 4.82. The van der Waals surface area contributed by atoms with Crippen molar-refractivity contribution in [3.63, 3.8) is 0 Å². The lowest BCUT2D eigenvalue weighted by Crippen LogP contribution is -2.32. The number of aromatic nitrogens is 2. The Labute approximate surface area is 202 Å². The number of hydrogen-bond donors (Lipinski definition) is 1. The lowest BCUT2D eigenvalue weighted by molar-refractivity contribution is -0.123. The van der Waals surface area contributed by atoms with Crippen molar-refractivity contribution in [3.05, 3.63) is 63.5 Å². The number of amides is 1. The van der Waals surface area contributed by atoms with E-state index in [1.807, 2.05) is 0 Å². The number of methoxy groups -OCH3 is 1. The monoisotopic (exact) mass is 485 g/mol. The van der Waals surface area contributed by atoms with Gasteiger partial charge in [-0.05, 0) is 37.6 Å². The van der Waals surface area contributed by atoms with Gasteiger partial charge in [0.25, 0.3) is 11.5 Å². The van der Waals surface area contributed by atoms with Gasteiger partial charge in [-0.1, -0.05) is 56.0 Å². The molecule has 3 rings (SSSR count). The molecule has 0 spiro atoms. The summed E-state index contributed by atoms with van der Waals surface area (Å²) in [5.74, 6) is -0.940. The van der Waals surface area contributed by atoms with Gasteiger partial charge in [-0.3, -0.25) is 9.59 Å². The number of anilines is 1. The van der Waals surface area contributed by atoms with Crippen molar-refractivity contribution in [2.45, 2.75) is 52.2 Å². The van der Waals surface area contributed by atoms with Crippen LogP contribution in [0.25, 0.3) is 10.8 Å². The van der Waals surface area contributed by atoms with E-state index in [9.17, 15) is 14.4 Å². The fraction of sp³-hybridized carbons (Fsp3) is 0.360. The van der Waals surface area contributed by atoms with Crippen LogP contribution in [0.2, 0.25) is 5.02 Å². The molecule has 3 aromatic rings. The summed E-state index contributed by atoms with van der Waals surface area (Å²) in [6, 6.07) is 11.5. The number of carbonyl (C=O) groups is 2.